The molecule has 2 heterocycles. The van der Waals surface area contributed by atoms with E-state index in [4.69, 9.17) is 27.9 Å². The number of nitrogens with zero attached hydrogens (tertiary/aromatic N) is 1. The maximum Gasteiger partial charge on any atom is 0.126 e. The average molecular weight is 426 g/mol. The van der Waals surface area contributed by atoms with Crippen LogP contribution in [0.4, 0.5) is 4.39 Å². The second-order valence-corrected chi connectivity index (χ2v) is 8.49. The van der Waals surface area contributed by atoms with Gasteiger partial charge >= 0.3 is 0 Å². The van der Waals surface area contributed by atoms with Gasteiger partial charge in [0.25, 0.3) is 0 Å². The molecule has 1 fully saturated rings. The molecule has 0 bridgehead atoms. The van der Waals surface area contributed by atoms with Crippen LogP contribution in [0.2, 0.25) is 10.0 Å². The third kappa shape index (κ3) is 4.00. The van der Waals surface area contributed by atoms with E-state index in [-0.39, 0.29) is 5.82 Å². The number of piperidine rings is 1. The summed E-state index contributed by atoms with van der Waals surface area (Å²) in [7, 11) is 0. The van der Waals surface area contributed by atoms with Crippen molar-refractivity contribution in [2.45, 2.75) is 37.1 Å². The van der Waals surface area contributed by atoms with Crippen LogP contribution in [-0.4, -0.2) is 40.3 Å². The van der Waals surface area contributed by atoms with Crippen LogP contribution >= 0.6 is 23.2 Å². The van der Waals surface area contributed by atoms with Crippen molar-refractivity contribution < 1.29 is 19.3 Å². The van der Waals surface area contributed by atoms with Crippen molar-refractivity contribution in [3.63, 3.8) is 0 Å². The third-order valence-corrected chi connectivity index (χ3v) is 6.49. The smallest absolute Gasteiger partial charge is 0.126 e. The molecule has 2 aliphatic rings. The number of fused-ring (bicyclic) bond motifs is 1. The van der Waals surface area contributed by atoms with Gasteiger partial charge in [-0.15, -0.1) is 0 Å². The van der Waals surface area contributed by atoms with Crippen LogP contribution in [-0.2, 0) is 0 Å². The quantitative estimate of drug-likeness (QED) is 0.758. The zero-order valence-electron chi connectivity index (χ0n) is 15.2. The molecule has 0 amide bonds. The van der Waals surface area contributed by atoms with E-state index in [1.807, 2.05) is 0 Å². The largest absolute Gasteiger partial charge is 0.487 e. The van der Waals surface area contributed by atoms with Crippen molar-refractivity contribution >= 4 is 23.2 Å². The Bertz CT molecular complexity index is 871. The van der Waals surface area contributed by atoms with Gasteiger partial charge in [-0.1, -0.05) is 29.3 Å². The first-order valence-electron chi connectivity index (χ1n) is 9.37. The number of aliphatic hydroxyl groups is 2. The zero-order valence-corrected chi connectivity index (χ0v) is 16.8. The molecule has 2 atom stereocenters. The van der Waals surface area contributed by atoms with Crippen LogP contribution in [0, 0.1) is 5.82 Å². The van der Waals surface area contributed by atoms with Crippen LogP contribution in [0.1, 0.15) is 42.6 Å². The Kier molecular flexibility index (Phi) is 5.55. The second-order valence-electron chi connectivity index (χ2n) is 7.68. The fourth-order valence-corrected chi connectivity index (χ4v) is 4.44. The van der Waals surface area contributed by atoms with Crippen molar-refractivity contribution in [2.75, 3.05) is 19.6 Å². The highest BCUT2D eigenvalue weighted by Gasteiger charge is 2.43. The van der Waals surface area contributed by atoms with E-state index in [1.165, 1.54) is 12.1 Å². The highest BCUT2D eigenvalue weighted by atomic mass is 35.5. The summed E-state index contributed by atoms with van der Waals surface area (Å²) in [5, 5.41) is 21.9. The van der Waals surface area contributed by atoms with Gasteiger partial charge in [0.05, 0.1) is 22.3 Å². The molecule has 4 rings (SSSR count). The molecule has 0 saturated carbocycles. The Balaban J connectivity index is 1.39. The van der Waals surface area contributed by atoms with Crippen LogP contribution < -0.4 is 4.74 Å². The van der Waals surface area contributed by atoms with E-state index < -0.39 is 17.8 Å². The van der Waals surface area contributed by atoms with Gasteiger partial charge in [0.15, 0.2) is 0 Å². The molecular formula is C21H22Cl2FNO3. The van der Waals surface area contributed by atoms with Crippen LogP contribution in [0.3, 0.4) is 0 Å². The first kappa shape index (κ1) is 19.9. The van der Waals surface area contributed by atoms with Gasteiger partial charge in [-0.2, -0.15) is 0 Å². The van der Waals surface area contributed by atoms with Crippen LogP contribution in [0.5, 0.6) is 5.75 Å². The van der Waals surface area contributed by atoms with Crippen molar-refractivity contribution in [3.05, 3.63) is 63.4 Å². The van der Waals surface area contributed by atoms with Crippen LogP contribution in [0.25, 0.3) is 0 Å². The summed E-state index contributed by atoms with van der Waals surface area (Å²) in [5.41, 5.74) is 0.799. The van der Waals surface area contributed by atoms with E-state index in [0.29, 0.717) is 34.3 Å². The Morgan fingerprint density at radius 3 is 2.61 bits per heavy atom. The highest BCUT2D eigenvalue weighted by Crippen LogP contribution is 2.44. The molecule has 1 spiro atoms. The first-order valence-corrected chi connectivity index (χ1v) is 10.1. The highest BCUT2D eigenvalue weighted by molar-refractivity contribution is 6.42. The third-order valence-electron chi connectivity index (χ3n) is 5.75. The molecule has 0 unspecified atom stereocenters. The Morgan fingerprint density at radius 1 is 1.14 bits per heavy atom. The fourth-order valence-electron chi connectivity index (χ4n) is 4.13. The van der Waals surface area contributed by atoms with Gasteiger partial charge in [-0.25, -0.2) is 4.39 Å². The number of benzene rings is 2. The van der Waals surface area contributed by atoms with E-state index in [1.54, 1.807) is 24.3 Å². The number of hydrogen-bond acceptors (Lipinski definition) is 4. The van der Waals surface area contributed by atoms with Crippen molar-refractivity contribution in [1.29, 1.82) is 0 Å². The van der Waals surface area contributed by atoms with Crippen LogP contribution in [0.15, 0.2) is 36.4 Å². The lowest BCUT2D eigenvalue weighted by Gasteiger charge is -2.46. The number of aliphatic hydroxyl groups excluding tert-OH is 2. The minimum Gasteiger partial charge on any atom is -0.487 e. The van der Waals surface area contributed by atoms with Gasteiger partial charge in [-0.3, -0.25) is 0 Å². The molecule has 0 radical (unpaired) electrons. The van der Waals surface area contributed by atoms with Gasteiger partial charge in [0.1, 0.15) is 17.2 Å². The molecule has 0 aromatic heterocycles. The van der Waals surface area contributed by atoms with Crippen molar-refractivity contribution in [1.82, 2.24) is 4.90 Å². The number of rotatable bonds is 3. The normalized spacial score (nSPS) is 22.5. The van der Waals surface area contributed by atoms with Crippen molar-refractivity contribution in [3.8, 4) is 5.75 Å². The number of halogens is 3. The number of ether oxygens (including phenoxy) is 1. The second kappa shape index (κ2) is 7.81. The monoisotopic (exact) mass is 425 g/mol. The Morgan fingerprint density at radius 2 is 1.89 bits per heavy atom. The minimum absolute atomic E-state index is 0.372. The predicted molar refractivity (Wildman–Crippen MR) is 106 cm³/mol. The first-order chi connectivity index (χ1) is 13.3. The molecule has 150 valence electrons. The molecule has 2 aromatic rings. The van der Waals surface area contributed by atoms with E-state index in [0.717, 1.165) is 31.5 Å². The lowest BCUT2D eigenvalue weighted by atomic mass is 9.81. The lowest BCUT2D eigenvalue weighted by molar-refractivity contribution is -0.0589. The predicted octanol–water partition coefficient (Wildman–Crippen LogP) is 4.52. The zero-order chi connectivity index (χ0) is 19.9. The number of hydrogen-bond donors (Lipinski definition) is 2. The maximum absolute atomic E-state index is 13.4. The van der Waals surface area contributed by atoms with Gasteiger partial charge in [0.2, 0.25) is 0 Å². The summed E-state index contributed by atoms with van der Waals surface area (Å²) in [4.78, 5) is 2.17. The van der Waals surface area contributed by atoms with E-state index in [9.17, 15) is 14.6 Å². The standard InChI is InChI=1S/C21H22Cl2FNO3/c22-16-3-1-13(9-17(16)23)19(27)12-25-7-5-21(6-8-25)11-18(26)15-10-14(24)2-4-20(15)28-21/h1-4,9-10,18-19,26-27H,5-8,11-12H2/t18-,19+/m0/s1. The maximum atomic E-state index is 13.4. The van der Waals surface area contributed by atoms with E-state index >= 15 is 0 Å². The number of likely N-dealkylation sites (tertiary alicyclic amines) is 1. The molecule has 0 aliphatic carbocycles. The molecule has 4 nitrogen and oxygen atoms in total. The average Bonchev–Trinajstić information content (AvgIpc) is 2.67. The molecule has 2 aliphatic heterocycles. The minimum atomic E-state index is -0.729. The Labute approximate surface area is 173 Å². The summed E-state index contributed by atoms with van der Waals surface area (Å²) in [6, 6.07) is 9.45. The Hall–Kier alpha value is -1.37. The fraction of sp³-hybridized carbons (Fsp3) is 0.429. The van der Waals surface area contributed by atoms with E-state index in [2.05, 4.69) is 4.90 Å². The number of β-amino-alcohol motifs (C(OH)–C–C–N with tert-alkyl or cyclic N) is 1. The SMILES string of the molecule is O[C@H](CN1CCC2(CC1)C[C@H](O)c1cc(F)ccc1O2)c1ccc(Cl)c(Cl)c1. The topological polar surface area (TPSA) is 52.9 Å². The molecule has 2 N–H and O–H groups in total. The van der Waals surface area contributed by atoms with Gasteiger partial charge < -0.3 is 19.8 Å². The summed E-state index contributed by atoms with van der Waals surface area (Å²) >= 11 is 12.0. The summed E-state index contributed by atoms with van der Waals surface area (Å²) in [6.07, 6.45) is 0.523. The van der Waals surface area contributed by atoms with Crippen molar-refractivity contribution in [2.24, 2.45) is 0 Å². The molecule has 28 heavy (non-hydrogen) atoms. The summed E-state index contributed by atoms with van der Waals surface area (Å²) in [6.45, 7) is 1.96. The summed E-state index contributed by atoms with van der Waals surface area (Å²) in [5.74, 6) is 0.188. The molecular weight excluding hydrogens is 404 g/mol. The molecule has 7 heteroatoms. The lowest BCUT2D eigenvalue weighted by Crippen LogP contribution is -2.51. The van der Waals surface area contributed by atoms with Gasteiger partial charge in [-0.05, 0) is 48.7 Å². The molecule has 2 aromatic carbocycles. The summed E-state index contributed by atoms with van der Waals surface area (Å²) < 4.78 is 19.7. The van der Waals surface area contributed by atoms with Gasteiger partial charge in [0, 0.05) is 31.6 Å². The molecule has 1 saturated heterocycles.